The number of rotatable bonds is 8. The number of thioether (sulfide) groups is 1. The van der Waals surface area contributed by atoms with Crippen molar-refractivity contribution in [2.24, 2.45) is 0 Å². The summed E-state index contributed by atoms with van der Waals surface area (Å²) in [5, 5.41) is 20.4. The first-order valence-electron chi connectivity index (χ1n) is 8.20. The molecule has 0 unspecified atom stereocenters. The van der Waals surface area contributed by atoms with Crippen LogP contribution < -0.4 is 0 Å². The predicted octanol–water partition coefficient (Wildman–Crippen LogP) is 4.67. The lowest BCUT2D eigenvalue weighted by Crippen LogP contribution is -2.06. The Hall–Kier alpha value is -2.97. The van der Waals surface area contributed by atoms with E-state index >= 15 is 0 Å². The number of ketones is 1. The zero-order valence-corrected chi connectivity index (χ0v) is 16.2. The highest BCUT2D eigenvalue weighted by Crippen LogP contribution is 2.26. The first-order valence-corrected chi connectivity index (χ1v) is 9.56. The maximum Gasteiger partial charge on any atom is 0.270 e. The minimum Gasteiger partial charge on any atom is -0.298 e. The van der Waals surface area contributed by atoms with E-state index in [1.165, 1.54) is 30.0 Å². The maximum atomic E-state index is 12.4. The summed E-state index contributed by atoms with van der Waals surface area (Å²) in [6.45, 7) is 4.22. The smallest absolute Gasteiger partial charge is 0.270 e. The van der Waals surface area contributed by atoms with Crippen LogP contribution in [0.25, 0.3) is 11.4 Å². The number of aromatic nitrogens is 3. The molecule has 0 bridgehead atoms. The Kier molecular flexibility index (Phi) is 6.23. The Labute approximate surface area is 170 Å². The summed E-state index contributed by atoms with van der Waals surface area (Å²) in [7, 11) is 0. The minimum atomic E-state index is -0.526. The van der Waals surface area contributed by atoms with Crippen LogP contribution in [0.2, 0.25) is 5.02 Å². The van der Waals surface area contributed by atoms with Gasteiger partial charge in [-0.2, -0.15) is 0 Å². The number of nitro benzene ring substituents is 1. The molecule has 0 atom stereocenters. The zero-order valence-electron chi connectivity index (χ0n) is 14.6. The van der Waals surface area contributed by atoms with Gasteiger partial charge in [-0.1, -0.05) is 53.7 Å². The molecule has 3 aromatic rings. The van der Waals surface area contributed by atoms with E-state index in [2.05, 4.69) is 16.8 Å². The topological polar surface area (TPSA) is 90.9 Å². The Morgan fingerprint density at radius 3 is 2.75 bits per heavy atom. The van der Waals surface area contributed by atoms with Crippen LogP contribution in [0, 0.1) is 10.1 Å². The molecule has 0 fully saturated rings. The number of nitro groups is 1. The summed E-state index contributed by atoms with van der Waals surface area (Å²) in [6.07, 6.45) is 1.71. The summed E-state index contributed by atoms with van der Waals surface area (Å²) >= 11 is 7.27. The Morgan fingerprint density at radius 2 is 2.04 bits per heavy atom. The predicted molar refractivity (Wildman–Crippen MR) is 109 cm³/mol. The van der Waals surface area contributed by atoms with E-state index in [9.17, 15) is 14.9 Å². The van der Waals surface area contributed by atoms with Crippen LogP contribution >= 0.6 is 23.4 Å². The van der Waals surface area contributed by atoms with Crippen LogP contribution in [0.4, 0.5) is 5.69 Å². The van der Waals surface area contributed by atoms with Gasteiger partial charge >= 0.3 is 0 Å². The maximum absolute atomic E-state index is 12.4. The highest BCUT2D eigenvalue weighted by molar-refractivity contribution is 7.99. The molecule has 28 heavy (non-hydrogen) atoms. The van der Waals surface area contributed by atoms with Crippen molar-refractivity contribution < 1.29 is 9.72 Å². The van der Waals surface area contributed by atoms with Gasteiger partial charge in [-0.05, 0) is 12.1 Å². The fourth-order valence-electron chi connectivity index (χ4n) is 2.54. The average molecular weight is 415 g/mol. The van der Waals surface area contributed by atoms with Crippen LogP contribution in [0.15, 0.2) is 66.3 Å². The molecule has 0 aliphatic rings. The van der Waals surface area contributed by atoms with Gasteiger partial charge in [0.2, 0.25) is 0 Å². The van der Waals surface area contributed by atoms with Gasteiger partial charge in [0.15, 0.2) is 16.8 Å². The summed E-state index contributed by atoms with van der Waals surface area (Å²) in [5.41, 5.74) is 0.971. The van der Waals surface area contributed by atoms with Crippen LogP contribution in [0.3, 0.4) is 0 Å². The number of benzene rings is 2. The molecule has 0 radical (unpaired) electrons. The molecule has 0 saturated heterocycles. The van der Waals surface area contributed by atoms with E-state index in [4.69, 9.17) is 11.6 Å². The van der Waals surface area contributed by atoms with Crippen molar-refractivity contribution in [1.29, 1.82) is 0 Å². The number of non-ortho nitro benzene ring substituents is 1. The number of hydrogen-bond donors (Lipinski definition) is 0. The zero-order chi connectivity index (χ0) is 20.1. The second kappa shape index (κ2) is 8.81. The molecular weight excluding hydrogens is 400 g/mol. The SMILES string of the molecule is C=CCn1c(SCC(=O)c2cccc([N+](=O)[O-])c2)nnc1-c1cccc(Cl)c1. The molecule has 0 saturated carbocycles. The van der Waals surface area contributed by atoms with E-state index in [1.54, 1.807) is 24.3 Å². The van der Waals surface area contributed by atoms with Crippen molar-refractivity contribution in [3.63, 3.8) is 0 Å². The van der Waals surface area contributed by atoms with Gasteiger partial charge in [-0.3, -0.25) is 19.5 Å². The molecule has 1 aromatic heterocycles. The first-order chi connectivity index (χ1) is 13.5. The van der Waals surface area contributed by atoms with E-state index in [-0.39, 0.29) is 22.8 Å². The molecule has 2 aromatic carbocycles. The molecular formula is C19H15ClN4O3S. The molecule has 9 heteroatoms. The molecule has 0 aliphatic carbocycles. The van der Waals surface area contributed by atoms with Crippen molar-refractivity contribution in [3.05, 3.63) is 81.9 Å². The number of Topliss-reactive ketones (excluding diaryl/α,β-unsaturated/α-hetero) is 1. The second-order valence-electron chi connectivity index (χ2n) is 5.74. The van der Waals surface area contributed by atoms with Gasteiger partial charge in [-0.25, -0.2) is 0 Å². The van der Waals surface area contributed by atoms with Gasteiger partial charge < -0.3 is 0 Å². The third-order valence-electron chi connectivity index (χ3n) is 3.82. The van der Waals surface area contributed by atoms with Gasteiger partial charge in [0.1, 0.15) is 0 Å². The summed E-state index contributed by atoms with van der Waals surface area (Å²) in [5.74, 6) is 0.463. The number of allylic oxidation sites excluding steroid dienone is 1. The van der Waals surface area contributed by atoms with Crippen LogP contribution in [-0.2, 0) is 6.54 Å². The van der Waals surface area contributed by atoms with Crippen molar-refractivity contribution in [3.8, 4) is 11.4 Å². The molecule has 7 nitrogen and oxygen atoms in total. The number of carbonyl (C=O) groups is 1. The average Bonchev–Trinajstić information content (AvgIpc) is 3.09. The molecule has 142 valence electrons. The lowest BCUT2D eigenvalue weighted by atomic mass is 10.1. The number of nitrogens with zero attached hydrogens (tertiary/aromatic N) is 4. The van der Waals surface area contributed by atoms with Crippen molar-refractivity contribution in [1.82, 2.24) is 14.8 Å². The van der Waals surface area contributed by atoms with Gasteiger partial charge in [-0.15, -0.1) is 16.8 Å². The van der Waals surface area contributed by atoms with Crippen LogP contribution in [0.1, 0.15) is 10.4 Å². The largest absolute Gasteiger partial charge is 0.298 e. The highest BCUT2D eigenvalue weighted by Gasteiger charge is 2.17. The third-order valence-corrected chi connectivity index (χ3v) is 5.02. The quantitative estimate of drug-likeness (QED) is 0.175. The summed E-state index contributed by atoms with van der Waals surface area (Å²) in [4.78, 5) is 22.8. The Bertz CT molecular complexity index is 1050. The lowest BCUT2D eigenvalue weighted by Gasteiger charge is -2.08. The number of hydrogen-bond acceptors (Lipinski definition) is 6. The number of halogens is 1. The minimum absolute atomic E-state index is 0.0754. The lowest BCUT2D eigenvalue weighted by molar-refractivity contribution is -0.384. The summed E-state index contributed by atoms with van der Waals surface area (Å²) in [6, 6.07) is 12.9. The monoisotopic (exact) mass is 414 g/mol. The molecule has 0 amide bonds. The Morgan fingerprint density at radius 1 is 1.25 bits per heavy atom. The van der Waals surface area contributed by atoms with Crippen molar-refractivity contribution in [2.45, 2.75) is 11.7 Å². The van der Waals surface area contributed by atoms with Gasteiger partial charge in [0.05, 0.1) is 10.7 Å². The van der Waals surface area contributed by atoms with E-state index in [0.717, 1.165) is 5.56 Å². The van der Waals surface area contributed by atoms with E-state index in [0.29, 0.717) is 22.5 Å². The van der Waals surface area contributed by atoms with Gasteiger partial charge in [0, 0.05) is 34.8 Å². The van der Waals surface area contributed by atoms with Crippen molar-refractivity contribution in [2.75, 3.05) is 5.75 Å². The number of carbonyl (C=O) groups excluding carboxylic acids is 1. The molecule has 0 N–H and O–H groups in total. The fourth-order valence-corrected chi connectivity index (χ4v) is 3.57. The standard InChI is InChI=1S/C19H15ClN4O3S/c1-2-9-23-18(14-6-3-7-15(20)10-14)21-22-19(23)28-12-17(25)13-5-4-8-16(11-13)24(26)27/h2-8,10-11H,1,9,12H2. The normalized spacial score (nSPS) is 10.6. The van der Waals surface area contributed by atoms with E-state index < -0.39 is 4.92 Å². The molecule has 0 aliphatic heterocycles. The summed E-state index contributed by atoms with van der Waals surface area (Å²) < 4.78 is 1.84. The first kappa shape index (κ1) is 19.8. The van der Waals surface area contributed by atoms with Crippen LogP contribution in [0.5, 0.6) is 0 Å². The van der Waals surface area contributed by atoms with Gasteiger partial charge in [0.25, 0.3) is 5.69 Å². The molecule has 3 rings (SSSR count). The van der Waals surface area contributed by atoms with E-state index in [1.807, 2.05) is 16.7 Å². The fraction of sp³-hybridized carbons (Fsp3) is 0.105. The second-order valence-corrected chi connectivity index (χ2v) is 7.11. The van der Waals surface area contributed by atoms with Crippen molar-refractivity contribution >= 4 is 34.8 Å². The Balaban J connectivity index is 1.81. The molecule has 1 heterocycles. The highest BCUT2D eigenvalue weighted by atomic mass is 35.5. The third kappa shape index (κ3) is 4.47. The molecule has 0 spiro atoms. The van der Waals surface area contributed by atoms with Crippen LogP contribution in [-0.4, -0.2) is 31.2 Å².